The Bertz CT molecular complexity index is 464. The standard InChI is InChI=1S/C12H11F3O3/c1-18-10-4-2-3-8(5-10)9(6-11(16)17)7-12(13,14)15/h2-6H,7H2,1H3,(H,16,17)/b9-6+. The predicted molar refractivity (Wildman–Crippen MR) is 59.3 cm³/mol. The molecule has 0 fully saturated rings. The highest BCUT2D eigenvalue weighted by atomic mass is 19.4. The normalized spacial score (nSPS) is 12.3. The van der Waals surface area contributed by atoms with E-state index < -0.39 is 18.6 Å². The van der Waals surface area contributed by atoms with Gasteiger partial charge in [-0.1, -0.05) is 12.1 Å². The lowest BCUT2D eigenvalue weighted by atomic mass is 10.0. The number of hydrogen-bond donors (Lipinski definition) is 1. The maximum atomic E-state index is 12.4. The first-order valence-electron chi connectivity index (χ1n) is 4.96. The summed E-state index contributed by atoms with van der Waals surface area (Å²) in [4.78, 5) is 10.5. The topological polar surface area (TPSA) is 46.5 Å². The molecule has 0 aromatic heterocycles. The second-order valence-corrected chi connectivity index (χ2v) is 3.53. The summed E-state index contributed by atoms with van der Waals surface area (Å²) >= 11 is 0. The van der Waals surface area contributed by atoms with E-state index in [2.05, 4.69) is 0 Å². The third-order valence-corrected chi connectivity index (χ3v) is 2.13. The van der Waals surface area contributed by atoms with Crippen LogP contribution in [-0.2, 0) is 4.79 Å². The van der Waals surface area contributed by atoms with E-state index in [1.54, 1.807) is 6.07 Å². The molecular formula is C12H11F3O3. The number of carbonyl (C=O) groups is 1. The van der Waals surface area contributed by atoms with Crippen LogP contribution < -0.4 is 4.74 Å². The number of ether oxygens (including phenoxy) is 1. The Morgan fingerprint density at radius 3 is 2.61 bits per heavy atom. The zero-order valence-corrected chi connectivity index (χ0v) is 9.49. The molecule has 0 aliphatic carbocycles. The smallest absolute Gasteiger partial charge is 0.393 e. The van der Waals surface area contributed by atoms with E-state index >= 15 is 0 Å². The molecule has 0 unspecified atom stereocenters. The van der Waals surface area contributed by atoms with Crippen molar-refractivity contribution in [1.82, 2.24) is 0 Å². The zero-order chi connectivity index (χ0) is 13.8. The summed E-state index contributed by atoms with van der Waals surface area (Å²) in [5.74, 6) is -1.05. The molecule has 0 radical (unpaired) electrons. The Kier molecular flexibility index (Phi) is 4.36. The second kappa shape index (κ2) is 5.57. The molecule has 0 saturated carbocycles. The molecule has 98 valence electrons. The van der Waals surface area contributed by atoms with Crippen LogP contribution in [0.5, 0.6) is 5.75 Å². The van der Waals surface area contributed by atoms with E-state index in [4.69, 9.17) is 9.84 Å². The number of rotatable bonds is 4. The third kappa shape index (κ3) is 4.48. The minimum Gasteiger partial charge on any atom is -0.497 e. The van der Waals surface area contributed by atoms with Gasteiger partial charge in [-0.2, -0.15) is 13.2 Å². The molecule has 0 saturated heterocycles. The Hall–Kier alpha value is -1.98. The van der Waals surface area contributed by atoms with Crippen molar-refractivity contribution >= 4 is 11.5 Å². The molecule has 18 heavy (non-hydrogen) atoms. The van der Waals surface area contributed by atoms with Crippen LogP contribution in [0.3, 0.4) is 0 Å². The summed E-state index contributed by atoms with van der Waals surface area (Å²) in [7, 11) is 1.38. The molecule has 0 bridgehead atoms. The fraction of sp³-hybridized carbons (Fsp3) is 0.250. The van der Waals surface area contributed by atoms with Gasteiger partial charge >= 0.3 is 12.1 Å². The van der Waals surface area contributed by atoms with Crippen molar-refractivity contribution < 1.29 is 27.8 Å². The maximum Gasteiger partial charge on any atom is 0.393 e. The first-order valence-corrected chi connectivity index (χ1v) is 4.96. The van der Waals surface area contributed by atoms with Gasteiger partial charge in [0, 0.05) is 6.08 Å². The Morgan fingerprint density at radius 1 is 1.44 bits per heavy atom. The first-order chi connectivity index (χ1) is 8.31. The molecule has 0 atom stereocenters. The van der Waals surface area contributed by atoms with Gasteiger partial charge in [0.25, 0.3) is 0 Å². The molecule has 1 aromatic carbocycles. The van der Waals surface area contributed by atoms with Gasteiger partial charge in [0.15, 0.2) is 0 Å². The average Bonchev–Trinajstić information content (AvgIpc) is 2.26. The second-order valence-electron chi connectivity index (χ2n) is 3.53. The molecule has 1 aromatic rings. The monoisotopic (exact) mass is 260 g/mol. The van der Waals surface area contributed by atoms with Crippen LogP contribution in [0.15, 0.2) is 30.3 Å². The van der Waals surface area contributed by atoms with E-state index in [-0.39, 0.29) is 11.1 Å². The van der Waals surface area contributed by atoms with Crippen molar-refractivity contribution in [3.05, 3.63) is 35.9 Å². The van der Waals surface area contributed by atoms with E-state index in [1.165, 1.54) is 25.3 Å². The molecule has 0 aliphatic rings. The SMILES string of the molecule is COc1cccc(/C(=C/C(=O)O)CC(F)(F)F)c1. The number of alkyl halides is 3. The van der Waals surface area contributed by atoms with Gasteiger partial charge in [-0.15, -0.1) is 0 Å². The lowest BCUT2D eigenvalue weighted by molar-refractivity contribution is -0.131. The Balaban J connectivity index is 3.13. The van der Waals surface area contributed by atoms with E-state index in [9.17, 15) is 18.0 Å². The van der Waals surface area contributed by atoms with Crippen molar-refractivity contribution in [2.45, 2.75) is 12.6 Å². The molecule has 0 aliphatic heterocycles. The van der Waals surface area contributed by atoms with Crippen molar-refractivity contribution in [2.75, 3.05) is 7.11 Å². The molecule has 0 spiro atoms. The number of hydrogen-bond acceptors (Lipinski definition) is 2. The van der Waals surface area contributed by atoms with E-state index in [0.29, 0.717) is 11.8 Å². The van der Waals surface area contributed by atoms with Gasteiger partial charge < -0.3 is 9.84 Å². The molecule has 1 N–H and O–H groups in total. The highest BCUT2D eigenvalue weighted by Gasteiger charge is 2.29. The Morgan fingerprint density at radius 2 is 2.11 bits per heavy atom. The van der Waals surface area contributed by atoms with Gasteiger partial charge in [0.2, 0.25) is 0 Å². The fourth-order valence-electron chi connectivity index (χ4n) is 1.42. The van der Waals surface area contributed by atoms with Crippen LogP contribution in [-0.4, -0.2) is 24.4 Å². The Labute approximate surface area is 101 Å². The number of aliphatic carboxylic acids is 1. The van der Waals surface area contributed by atoms with Gasteiger partial charge in [0.1, 0.15) is 5.75 Å². The van der Waals surface area contributed by atoms with Crippen LogP contribution in [0.2, 0.25) is 0 Å². The van der Waals surface area contributed by atoms with E-state index in [1.807, 2.05) is 0 Å². The minimum atomic E-state index is -4.47. The minimum absolute atomic E-state index is 0.175. The van der Waals surface area contributed by atoms with Crippen LogP contribution in [0.4, 0.5) is 13.2 Å². The lowest BCUT2D eigenvalue weighted by Gasteiger charge is -2.11. The molecular weight excluding hydrogens is 249 g/mol. The number of carboxylic acid groups (broad SMARTS) is 1. The molecule has 1 rings (SSSR count). The largest absolute Gasteiger partial charge is 0.497 e. The summed E-state index contributed by atoms with van der Waals surface area (Å²) in [6.45, 7) is 0. The molecule has 0 amide bonds. The summed E-state index contributed by atoms with van der Waals surface area (Å²) in [5.41, 5.74) is -0.136. The first kappa shape index (κ1) is 14.1. The zero-order valence-electron chi connectivity index (χ0n) is 9.49. The van der Waals surface area contributed by atoms with Crippen LogP contribution in [0.25, 0.3) is 5.57 Å². The van der Waals surface area contributed by atoms with Gasteiger partial charge in [-0.25, -0.2) is 4.79 Å². The number of methoxy groups -OCH3 is 1. The van der Waals surface area contributed by atoms with Crippen LogP contribution in [0, 0.1) is 0 Å². The summed E-state index contributed by atoms with van der Waals surface area (Å²) in [6.07, 6.45) is -5.21. The number of allylic oxidation sites excluding steroid dienone is 1. The van der Waals surface area contributed by atoms with Gasteiger partial charge in [0.05, 0.1) is 13.5 Å². The number of carboxylic acids is 1. The number of halogens is 3. The lowest BCUT2D eigenvalue weighted by Crippen LogP contribution is -2.09. The predicted octanol–water partition coefficient (Wildman–Crippen LogP) is 3.12. The van der Waals surface area contributed by atoms with Gasteiger partial charge in [-0.05, 0) is 23.3 Å². The van der Waals surface area contributed by atoms with Crippen molar-refractivity contribution in [2.24, 2.45) is 0 Å². The highest BCUT2D eigenvalue weighted by molar-refractivity contribution is 5.90. The summed E-state index contributed by atoms with van der Waals surface area (Å²) in [6, 6.07) is 5.83. The summed E-state index contributed by atoms with van der Waals surface area (Å²) in [5, 5.41) is 8.59. The molecule has 6 heteroatoms. The van der Waals surface area contributed by atoms with Crippen molar-refractivity contribution in [1.29, 1.82) is 0 Å². The number of benzene rings is 1. The fourth-order valence-corrected chi connectivity index (χ4v) is 1.42. The van der Waals surface area contributed by atoms with Crippen LogP contribution in [0.1, 0.15) is 12.0 Å². The van der Waals surface area contributed by atoms with E-state index in [0.717, 1.165) is 0 Å². The van der Waals surface area contributed by atoms with Crippen LogP contribution >= 0.6 is 0 Å². The highest BCUT2D eigenvalue weighted by Crippen LogP contribution is 2.31. The molecule has 3 nitrogen and oxygen atoms in total. The summed E-state index contributed by atoms with van der Waals surface area (Å²) < 4.78 is 42.0. The molecule has 0 heterocycles. The van der Waals surface area contributed by atoms with Crippen molar-refractivity contribution in [3.63, 3.8) is 0 Å². The van der Waals surface area contributed by atoms with Crippen molar-refractivity contribution in [3.8, 4) is 5.75 Å². The quantitative estimate of drug-likeness (QED) is 0.846. The average molecular weight is 260 g/mol. The van der Waals surface area contributed by atoms with Gasteiger partial charge in [-0.3, -0.25) is 0 Å². The third-order valence-electron chi connectivity index (χ3n) is 2.13. The maximum absolute atomic E-state index is 12.4.